The molecule has 2 bridgehead atoms. The number of anilines is 1. The molecule has 4 unspecified atom stereocenters. The first-order chi connectivity index (χ1) is 32.0. The van der Waals surface area contributed by atoms with Crippen LogP contribution in [0, 0.1) is 11.8 Å². The Balaban J connectivity index is 1.18. The van der Waals surface area contributed by atoms with E-state index in [9.17, 15) is 0 Å². The number of nitrogens with zero attached hydrogens (tertiary/aromatic N) is 7. The second-order valence-corrected chi connectivity index (χ2v) is 17.4. The summed E-state index contributed by atoms with van der Waals surface area (Å²) in [5.41, 5.74) is 27.7. The van der Waals surface area contributed by atoms with E-state index in [0.29, 0.717) is 49.6 Å². The molecule has 0 amide bonds. The standard InChI is InChI=1S/C52H47N7O6/c1-60-37-14-8-33(9-15-37)41-27-42-43(28-47(41)61-2)50-40(49-48(42)39-5-3-4-6-44(39)51(49)29-32-7-10-35(51)25-32)19-20-52(65-50,34-11-16-38(17-12-34)63-30-55-57-53)36-13-18-46(64-31-56-58-54)45(26-36)59-21-23-62-24-22-59/h3-6,8-9,11-20,26-28,32,35H,7,10,21-25,29-31H2,1-2H3. The van der Waals surface area contributed by atoms with Crippen LogP contribution in [0.25, 0.3) is 60.0 Å². The lowest BCUT2D eigenvalue weighted by Crippen LogP contribution is -2.38. The van der Waals surface area contributed by atoms with Gasteiger partial charge in [0.25, 0.3) is 0 Å². The zero-order chi connectivity index (χ0) is 44.1. The van der Waals surface area contributed by atoms with Crippen LogP contribution < -0.4 is 28.6 Å². The van der Waals surface area contributed by atoms with Gasteiger partial charge in [-0.15, -0.1) is 0 Å². The lowest BCUT2D eigenvalue weighted by Gasteiger charge is -2.41. The molecule has 4 atom stereocenters. The van der Waals surface area contributed by atoms with E-state index in [-0.39, 0.29) is 18.9 Å². The van der Waals surface area contributed by atoms with Gasteiger partial charge in [0.1, 0.15) is 28.7 Å². The first-order valence-electron chi connectivity index (χ1n) is 22.2. The van der Waals surface area contributed by atoms with E-state index in [0.717, 1.165) is 67.9 Å². The summed E-state index contributed by atoms with van der Waals surface area (Å²) in [7, 11) is 3.41. The normalized spacial score (nSPS) is 22.0. The minimum atomic E-state index is -1.16. The monoisotopic (exact) mass is 865 g/mol. The molecule has 1 spiro atoms. The van der Waals surface area contributed by atoms with Crippen LogP contribution in [0.2, 0.25) is 0 Å². The fraction of sp³-hybridized carbons (Fsp3) is 0.308. The Hall–Kier alpha value is -7.30. The van der Waals surface area contributed by atoms with E-state index >= 15 is 0 Å². The third-order valence-electron chi connectivity index (χ3n) is 14.5. The van der Waals surface area contributed by atoms with Gasteiger partial charge < -0.3 is 33.3 Å². The highest BCUT2D eigenvalue weighted by molar-refractivity contribution is 6.11. The average Bonchev–Trinajstić information content (AvgIpc) is 4.07. The minimum absolute atomic E-state index is 0.131. The fourth-order valence-corrected chi connectivity index (χ4v) is 11.7. The Morgan fingerprint density at radius 3 is 2.23 bits per heavy atom. The summed E-state index contributed by atoms with van der Waals surface area (Å²) in [4.78, 5) is 8.00. The maximum absolute atomic E-state index is 9.09. The van der Waals surface area contributed by atoms with Crippen molar-refractivity contribution in [3.05, 3.63) is 158 Å². The van der Waals surface area contributed by atoms with Crippen molar-refractivity contribution >= 4 is 22.5 Å². The van der Waals surface area contributed by atoms with Crippen LogP contribution in [0.15, 0.2) is 119 Å². The molecule has 3 aliphatic carbocycles. The molecule has 6 aromatic carbocycles. The minimum Gasteiger partial charge on any atom is -0.497 e. The Bertz CT molecular complexity index is 2970. The van der Waals surface area contributed by atoms with Gasteiger partial charge >= 0.3 is 0 Å². The third kappa shape index (κ3) is 6.49. The summed E-state index contributed by atoms with van der Waals surface area (Å²) in [5.74, 6) is 4.64. The third-order valence-corrected chi connectivity index (χ3v) is 14.5. The zero-order valence-electron chi connectivity index (χ0n) is 36.3. The Kier molecular flexibility index (Phi) is 10.2. The van der Waals surface area contributed by atoms with Crippen LogP contribution in [0.1, 0.15) is 53.5 Å². The van der Waals surface area contributed by atoms with Crippen molar-refractivity contribution in [1.82, 2.24) is 0 Å². The van der Waals surface area contributed by atoms with E-state index < -0.39 is 5.60 Å². The number of methoxy groups -OCH3 is 2. The van der Waals surface area contributed by atoms with E-state index in [4.69, 9.17) is 39.5 Å². The highest BCUT2D eigenvalue weighted by atomic mass is 16.5. The quantitative estimate of drug-likeness (QED) is 0.0673. The number of ether oxygens (including phenoxy) is 6. The predicted octanol–water partition coefficient (Wildman–Crippen LogP) is 12.1. The number of azide groups is 2. The molecule has 13 nitrogen and oxygen atoms in total. The summed E-state index contributed by atoms with van der Waals surface area (Å²) < 4.78 is 37.4. The van der Waals surface area contributed by atoms with Gasteiger partial charge in [-0.25, -0.2) is 0 Å². The van der Waals surface area contributed by atoms with Crippen LogP contribution in [0.3, 0.4) is 0 Å². The van der Waals surface area contributed by atoms with Crippen molar-refractivity contribution in [3.63, 3.8) is 0 Å². The van der Waals surface area contributed by atoms with Crippen molar-refractivity contribution in [2.75, 3.05) is 58.9 Å². The topological polar surface area (TPSA) is 156 Å². The second kappa shape index (κ2) is 16.4. The van der Waals surface area contributed by atoms with Crippen molar-refractivity contribution in [1.29, 1.82) is 0 Å². The molecule has 13 heteroatoms. The number of fused-ring (bicyclic) bond motifs is 13. The molecule has 6 aromatic rings. The molecule has 2 saturated carbocycles. The van der Waals surface area contributed by atoms with Crippen molar-refractivity contribution < 1.29 is 28.4 Å². The summed E-state index contributed by atoms with van der Waals surface area (Å²) in [6.07, 6.45) is 9.33. The lowest BCUT2D eigenvalue weighted by molar-refractivity contribution is 0.122. The highest BCUT2D eigenvalue weighted by Crippen LogP contribution is 2.69. The summed E-state index contributed by atoms with van der Waals surface area (Å²) in [6.45, 7) is 2.16. The lowest BCUT2D eigenvalue weighted by atomic mass is 9.65. The molecule has 3 fully saturated rings. The van der Waals surface area contributed by atoms with Crippen LogP contribution in [0.4, 0.5) is 5.69 Å². The Morgan fingerprint density at radius 1 is 0.754 bits per heavy atom. The SMILES string of the molecule is COc1ccc(-c2cc3c4c(c5c(c3cc2OC)OC(c2ccc(OCN=[N+]=[N-])cc2)(c2ccc(OCN=[N+]=[N-])c(N3CCOCC3)c2)C=C5)C2(CC3CCC2C3)c2ccccc2-4)cc1. The zero-order valence-corrected chi connectivity index (χ0v) is 36.3. The first-order valence-corrected chi connectivity index (χ1v) is 22.2. The number of rotatable bonds is 12. The molecule has 1 saturated heterocycles. The molecule has 0 aromatic heterocycles. The molecule has 65 heavy (non-hydrogen) atoms. The fourth-order valence-electron chi connectivity index (χ4n) is 11.7. The first kappa shape index (κ1) is 40.5. The molecule has 0 radical (unpaired) electrons. The number of hydrogen-bond acceptors (Lipinski definition) is 9. The van der Waals surface area contributed by atoms with Crippen LogP contribution in [-0.4, -0.2) is 54.0 Å². The molecule has 11 rings (SSSR count). The van der Waals surface area contributed by atoms with E-state index in [1.54, 1.807) is 14.2 Å². The van der Waals surface area contributed by atoms with E-state index in [1.807, 2.05) is 48.5 Å². The van der Waals surface area contributed by atoms with Gasteiger partial charge in [0.15, 0.2) is 19.1 Å². The van der Waals surface area contributed by atoms with Crippen LogP contribution >= 0.6 is 0 Å². The van der Waals surface area contributed by atoms with E-state index in [2.05, 4.69) is 91.7 Å². The Labute approximate surface area is 376 Å². The molecule has 5 aliphatic rings. The number of morpholine rings is 1. The van der Waals surface area contributed by atoms with Crippen molar-refractivity contribution in [2.24, 2.45) is 22.1 Å². The van der Waals surface area contributed by atoms with Crippen LogP contribution in [0.5, 0.6) is 28.7 Å². The Morgan fingerprint density at radius 2 is 1.51 bits per heavy atom. The summed E-state index contributed by atoms with van der Waals surface area (Å²) >= 11 is 0. The van der Waals surface area contributed by atoms with Gasteiger partial charge in [0.2, 0.25) is 0 Å². The predicted molar refractivity (Wildman–Crippen MR) is 250 cm³/mol. The maximum Gasteiger partial charge on any atom is 0.178 e. The van der Waals surface area contributed by atoms with E-state index in [1.165, 1.54) is 41.5 Å². The van der Waals surface area contributed by atoms with Crippen molar-refractivity contribution in [3.8, 4) is 51.0 Å². The molecule has 2 aliphatic heterocycles. The van der Waals surface area contributed by atoms with Crippen molar-refractivity contribution in [2.45, 2.75) is 36.7 Å². The largest absolute Gasteiger partial charge is 0.497 e. The second-order valence-electron chi connectivity index (χ2n) is 17.4. The van der Waals surface area contributed by atoms with Crippen LogP contribution in [-0.2, 0) is 15.8 Å². The molecular formula is C52H47N7O6. The smallest absolute Gasteiger partial charge is 0.178 e. The molecular weight excluding hydrogens is 819 g/mol. The number of hydrogen-bond donors (Lipinski definition) is 0. The summed E-state index contributed by atoms with van der Waals surface area (Å²) in [5, 5.41) is 9.31. The van der Waals surface area contributed by atoms with Gasteiger partial charge in [0, 0.05) is 56.0 Å². The molecule has 0 N–H and O–H groups in total. The maximum atomic E-state index is 9.09. The van der Waals surface area contributed by atoms with Gasteiger partial charge in [-0.1, -0.05) is 77.3 Å². The van der Waals surface area contributed by atoms with Gasteiger partial charge in [-0.2, -0.15) is 0 Å². The number of benzene rings is 6. The van der Waals surface area contributed by atoms with Gasteiger partial charge in [-0.3, -0.25) is 0 Å². The van der Waals surface area contributed by atoms with Gasteiger partial charge in [0.05, 0.1) is 33.1 Å². The molecule has 2 heterocycles. The highest BCUT2D eigenvalue weighted by Gasteiger charge is 2.58. The van der Waals surface area contributed by atoms with Gasteiger partial charge in [-0.05, 0) is 130 Å². The molecule has 326 valence electrons. The average molecular weight is 866 g/mol. The summed E-state index contributed by atoms with van der Waals surface area (Å²) in [6, 6.07) is 35.6.